The third-order valence-corrected chi connectivity index (χ3v) is 3.09. The molecule has 1 unspecified atom stereocenters. The van der Waals surface area contributed by atoms with E-state index < -0.39 is 10.4 Å². The molecule has 0 heterocycles. The fourth-order valence-electron chi connectivity index (χ4n) is 1.53. The molecule has 0 aliphatic carbocycles. The number of hydrogen-bond donors (Lipinski definition) is 2. The van der Waals surface area contributed by atoms with E-state index >= 15 is 0 Å². The van der Waals surface area contributed by atoms with Gasteiger partial charge in [0, 0.05) is 0 Å². The Labute approximate surface area is 112 Å². The zero-order chi connectivity index (χ0) is 14.4. The summed E-state index contributed by atoms with van der Waals surface area (Å²) in [4.78, 5) is 0. The van der Waals surface area contributed by atoms with E-state index in [0.717, 1.165) is 19.6 Å². The summed E-state index contributed by atoms with van der Waals surface area (Å²) in [6, 6.07) is 0. The molecule has 1 atom stereocenters. The summed E-state index contributed by atoms with van der Waals surface area (Å²) in [5, 5.41) is 0. The van der Waals surface area contributed by atoms with Crippen LogP contribution in [0.25, 0.3) is 0 Å². The van der Waals surface area contributed by atoms with Crippen molar-refractivity contribution in [2.24, 2.45) is 11.7 Å². The second-order valence-electron chi connectivity index (χ2n) is 4.48. The zero-order valence-corrected chi connectivity index (χ0v) is 12.7. The van der Waals surface area contributed by atoms with Gasteiger partial charge in [0.05, 0.1) is 7.11 Å². The normalized spacial score (nSPS) is 12.7. The van der Waals surface area contributed by atoms with Crippen molar-refractivity contribution in [1.82, 2.24) is 0 Å². The lowest BCUT2D eigenvalue weighted by Crippen LogP contribution is -2.05. The highest BCUT2D eigenvalue weighted by Gasteiger charge is 1.99. The SMILES string of the molecule is CCCCCCCC(C)CCN.COS(=O)(=O)O. The van der Waals surface area contributed by atoms with Crippen LogP contribution in [0.15, 0.2) is 0 Å². The summed E-state index contributed by atoms with van der Waals surface area (Å²) in [5.41, 5.74) is 5.48. The average Bonchev–Trinajstić information content (AvgIpc) is 2.29. The van der Waals surface area contributed by atoms with Gasteiger partial charge in [-0.05, 0) is 18.9 Å². The first-order chi connectivity index (χ1) is 8.37. The second-order valence-corrected chi connectivity index (χ2v) is 5.67. The molecule has 0 bridgehead atoms. The van der Waals surface area contributed by atoms with E-state index in [0.29, 0.717) is 0 Å². The highest BCUT2D eigenvalue weighted by atomic mass is 32.3. The molecule has 112 valence electrons. The minimum Gasteiger partial charge on any atom is -0.330 e. The van der Waals surface area contributed by atoms with E-state index in [9.17, 15) is 8.42 Å². The van der Waals surface area contributed by atoms with Gasteiger partial charge < -0.3 is 5.73 Å². The summed E-state index contributed by atoms with van der Waals surface area (Å²) >= 11 is 0. The molecule has 0 saturated heterocycles. The number of rotatable bonds is 9. The van der Waals surface area contributed by atoms with Crippen LogP contribution in [0.3, 0.4) is 0 Å². The molecule has 0 radical (unpaired) electrons. The van der Waals surface area contributed by atoms with Crippen molar-refractivity contribution in [2.45, 2.75) is 58.8 Å². The van der Waals surface area contributed by atoms with Gasteiger partial charge >= 0.3 is 10.4 Å². The summed E-state index contributed by atoms with van der Waals surface area (Å²) < 4.78 is 29.7. The second kappa shape index (κ2) is 13.3. The number of unbranched alkanes of at least 4 members (excludes halogenated alkanes) is 4. The topological polar surface area (TPSA) is 89.6 Å². The molecule has 0 spiro atoms. The first kappa shape index (κ1) is 20.2. The van der Waals surface area contributed by atoms with Crippen LogP contribution >= 0.6 is 0 Å². The predicted octanol–water partition coefficient (Wildman–Crippen LogP) is 2.77. The number of hydrogen-bond acceptors (Lipinski definition) is 4. The minimum atomic E-state index is -4.16. The predicted molar refractivity (Wildman–Crippen MR) is 74.8 cm³/mol. The molecule has 0 rings (SSSR count). The largest absolute Gasteiger partial charge is 0.397 e. The summed E-state index contributed by atoms with van der Waals surface area (Å²) in [7, 11) is -3.29. The monoisotopic (exact) mass is 283 g/mol. The molecule has 0 amide bonds. The maximum atomic E-state index is 9.33. The van der Waals surface area contributed by atoms with E-state index in [1.54, 1.807) is 0 Å². The summed E-state index contributed by atoms with van der Waals surface area (Å²) in [6.45, 7) is 5.43. The maximum absolute atomic E-state index is 9.33. The lowest BCUT2D eigenvalue weighted by molar-refractivity contribution is 0.324. The van der Waals surface area contributed by atoms with Crippen LogP contribution in [0.5, 0.6) is 0 Å². The molecular formula is C12H29NO4S. The fraction of sp³-hybridized carbons (Fsp3) is 1.00. The van der Waals surface area contributed by atoms with Crippen LogP contribution in [0.4, 0.5) is 0 Å². The van der Waals surface area contributed by atoms with Crippen molar-refractivity contribution < 1.29 is 17.2 Å². The Balaban J connectivity index is 0. The van der Waals surface area contributed by atoms with Crippen molar-refractivity contribution in [1.29, 1.82) is 0 Å². The fourth-order valence-corrected chi connectivity index (χ4v) is 1.53. The Morgan fingerprint density at radius 2 is 1.67 bits per heavy atom. The first-order valence-electron chi connectivity index (χ1n) is 6.60. The van der Waals surface area contributed by atoms with Crippen LogP contribution in [-0.2, 0) is 14.6 Å². The van der Waals surface area contributed by atoms with Crippen LogP contribution < -0.4 is 5.73 Å². The molecule has 0 saturated carbocycles. The van der Waals surface area contributed by atoms with E-state index in [-0.39, 0.29) is 0 Å². The Morgan fingerprint density at radius 3 is 2.06 bits per heavy atom. The molecule has 5 nitrogen and oxygen atoms in total. The summed E-state index contributed by atoms with van der Waals surface area (Å²) in [6.07, 6.45) is 9.58. The quantitative estimate of drug-likeness (QED) is 0.501. The highest BCUT2D eigenvalue weighted by molar-refractivity contribution is 7.80. The molecule has 6 heteroatoms. The van der Waals surface area contributed by atoms with Gasteiger partial charge in [-0.25, -0.2) is 0 Å². The third-order valence-electron chi connectivity index (χ3n) is 2.67. The molecule has 0 aromatic heterocycles. The van der Waals surface area contributed by atoms with Gasteiger partial charge in [-0.15, -0.1) is 0 Å². The Hall–Kier alpha value is -0.170. The van der Waals surface area contributed by atoms with Gasteiger partial charge in [0.2, 0.25) is 0 Å². The van der Waals surface area contributed by atoms with E-state index in [4.69, 9.17) is 10.3 Å². The highest BCUT2D eigenvalue weighted by Crippen LogP contribution is 2.13. The zero-order valence-electron chi connectivity index (χ0n) is 11.9. The first-order valence-corrected chi connectivity index (χ1v) is 7.97. The molecule has 0 aliphatic rings. The van der Waals surface area contributed by atoms with Gasteiger partial charge in [-0.1, -0.05) is 52.4 Å². The van der Waals surface area contributed by atoms with Gasteiger partial charge in [-0.3, -0.25) is 8.74 Å². The van der Waals surface area contributed by atoms with Gasteiger partial charge in [0.1, 0.15) is 0 Å². The minimum absolute atomic E-state index is 0.844. The van der Waals surface area contributed by atoms with Crippen molar-refractivity contribution in [3.8, 4) is 0 Å². The molecule has 0 aromatic rings. The van der Waals surface area contributed by atoms with Crippen molar-refractivity contribution >= 4 is 10.4 Å². The molecule has 0 fully saturated rings. The number of nitrogens with two attached hydrogens (primary N) is 1. The smallest absolute Gasteiger partial charge is 0.330 e. The lowest BCUT2D eigenvalue weighted by Gasteiger charge is -2.08. The standard InChI is InChI=1S/C11H25N.CH4O4S/c1-3-4-5-6-7-8-11(2)9-10-12;1-5-6(2,3)4/h11H,3-10,12H2,1-2H3;1H3,(H,2,3,4). The van der Waals surface area contributed by atoms with E-state index in [1.807, 2.05) is 0 Å². The summed E-state index contributed by atoms with van der Waals surface area (Å²) in [5.74, 6) is 0.844. The van der Waals surface area contributed by atoms with Crippen LogP contribution in [0, 0.1) is 5.92 Å². The van der Waals surface area contributed by atoms with Crippen molar-refractivity contribution in [3.05, 3.63) is 0 Å². The van der Waals surface area contributed by atoms with E-state index in [2.05, 4.69) is 18.0 Å². The van der Waals surface area contributed by atoms with Gasteiger partial charge in [0.15, 0.2) is 0 Å². The van der Waals surface area contributed by atoms with Crippen molar-refractivity contribution in [3.63, 3.8) is 0 Å². The Bertz CT molecular complexity index is 255. The van der Waals surface area contributed by atoms with Crippen LogP contribution in [0.2, 0.25) is 0 Å². The Kier molecular flexibility index (Phi) is 14.9. The lowest BCUT2D eigenvalue weighted by atomic mass is 9.99. The van der Waals surface area contributed by atoms with Crippen LogP contribution in [0.1, 0.15) is 58.8 Å². The molecule has 0 aromatic carbocycles. The van der Waals surface area contributed by atoms with E-state index in [1.165, 1.54) is 44.9 Å². The van der Waals surface area contributed by atoms with Crippen molar-refractivity contribution in [2.75, 3.05) is 13.7 Å². The molecule has 3 N–H and O–H groups in total. The molecule has 18 heavy (non-hydrogen) atoms. The third kappa shape index (κ3) is 21.1. The molecule has 0 aliphatic heterocycles. The average molecular weight is 283 g/mol. The maximum Gasteiger partial charge on any atom is 0.397 e. The van der Waals surface area contributed by atoms with Gasteiger partial charge in [0.25, 0.3) is 0 Å². The Morgan fingerprint density at radius 1 is 1.17 bits per heavy atom. The molecular weight excluding hydrogens is 254 g/mol. The van der Waals surface area contributed by atoms with Crippen LogP contribution in [-0.4, -0.2) is 26.6 Å². The van der Waals surface area contributed by atoms with Gasteiger partial charge in [-0.2, -0.15) is 8.42 Å².